The van der Waals surface area contributed by atoms with Crippen molar-refractivity contribution in [2.24, 2.45) is 29.4 Å². The number of hydrogen-bond donors (Lipinski definition) is 3. The molecule has 1 unspecified atom stereocenters. The number of halogens is 1. The van der Waals surface area contributed by atoms with E-state index in [-0.39, 0.29) is 35.9 Å². The van der Waals surface area contributed by atoms with Crippen molar-refractivity contribution in [1.29, 1.82) is 0 Å². The van der Waals surface area contributed by atoms with Gasteiger partial charge in [0.2, 0.25) is 5.91 Å². The lowest BCUT2D eigenvalue weighted by molar-refractivity contribution is -0.132. The third-order valence-corrected chi connectivity index (χ3v) is 7.68. The van der Waals surface area contributed by atoms with Crippen LogP contribution in [-0.2, 0) is 4.79 Å². The second-order valence-corrected chi connectivity index (χ2v) is 9.91. The number of carbonyl (C=O) groups is 2. The van der Waals surface area contributed by atoms with Gasteiger partial charge in [-0.05, 0) is 82.0 Å². The van der Waals surface area contributed by atoms with E-state index >= 15 is 0 Å². The maximum Gasteiger partial charge on any atom is 0.315 e. The number of rotatable bonds is 5. The summed E-state index contributed by atoms with van der Waals surface area (Å²) in [6, 6.07) is 0.123. The molecule has 4 saturated carbocycles. The van der Waals surface area contributed by atoms with E-state index in [1.165, 1.54) is 19.3 Å². The van der Waals surface area contributed by atoms with E-state index in [2.05, 4.69) is 17.6 Å². The Morgan fingerprint density at radius 1 is 1.07 bits per heavy atom. The average Bonchev–Trinajstić information content (AvgIpc) is 2.60. The monoisotopic (exact) mass is 412 g/mol. The van der Waals surface area contributed by atoms with Gasteiger partial charge in [0.1, 0.15) is 0 Å². The number of nitrogens with two attached hydrogens (primary N) is 1. The van der Waals surface area contributed by atoms with Crippen LogP contribution in [0.25, 0.3) is 0 Å². The second-order valence-electron chi connectivity index (χ2n) is 9.91. The zero-order valence-electron chi connectivity index (χ0n) is 17.1. The van der Waals surface area contributed by atoms with Gasteiger partial charge in [-0.2, -0.15) is 0 Å². The molecule has 5 aliphatic rings. The Morgan fingerprint density at radius 3 is 2.11 bits per heavy atom. The van der Waals surface area contributed by atoms with Gasteiger partial charge in [0.15, 0.2) is 0 Å². The SMILES string of the molecule is CC(N)C1CCN(C(=O)CCNC(=O)NC23CC4CC(CC(C4)C2)C3)CC1.Cl. The lowest BCUT2D eigenvalue weighted by Crippen LogP contribution is -2.61. The molecule has 4 bridgehead atoms. The molecule has 3 amide bonds. The third kappa shape index (κ3) is 4.76. The quantitative estimate of drug-likeness (QED) is 0.648. The smallest absolute Gasteiger partial charge is 0.315 e. The summed E-state index contributed by atoms with van der Waals surface area (Å²) in [5.74, 6) is 3.12. The van der Waals surface area contributed by atoms with Crippen molar-refractivity contribution in [2.45, 2.75) is 76.3 Å². The van der Waals surface area contributed by atoms with Gasteiger partial charge in [-0.3, -0.25) is 4.79 Å². The molecule has 0 aromatic carbocycles. The molecule has 0 radical (unpaired) electrons. The average molecular weight is 413 g/mol. The molecule has 4 N–H and O–H groups in total. The van der Waals surface area contributed by atoms with E-state index in [4.69, 9.17) is 5.73 Å². The van der Waals surface area contributed by atoms with E-state index < -0.39 is 0 Å². The van der Waals surface area contributed by atoms with Gasteiger partial charge in [-0.25, -0.2) is 4.79 Å². The van der Waals surface area contributed by atoms with E-state index in [1.54, 1.807) is 0 Å². The van der Waals surface area contributed by atoms with Gasteiger partial charge in [-0.15, -0.1) is 12.4 Å². The predicted octanol–water partition coefficient (Wildman–Crippen LogP) is 2.65. The standard InChI is InChI=1S/C21H36N4O2.ClH/c1-14(22)18-3-6-25(7-4-18)19(26)2-5-23-20(27)24-21-11-15-8-16(12-21)10-17(9-15)13-21;/h14-18H,2-13,22H2,1H3,(H2,23,24,27);1H. The number of likely N-dealkylation sites (tertiary alicyclic amines) is 1. The summed E-state index contributed by atoms with van der Waals surface area (Å²) in [7, 11) is 0. The molecule has 5 fully saturated rings. The molecule has 0 spiro atoms. The van der Waals surface area contributed by atoms with Crippen molar-refractivity contribution in [3.63, 3.8) is 0 Å². The van der Waals surface area contributed by atoms with Gasteiger partial charge in [0, 0.05) is 37.6 Å². The molecule has 5 rings (SSSR count). The fraction of sp³-hybridized carbons (Fsp3) is 0.905. The molecule has 0 aromatic rings. The number of nitrogens with one attached hydrogen (secondary N) is 2. The summed E-state index contributed by atoms with van der Waals surface area (Å²) in [6.07, 6.45) is 9.94. The summed E-state index contributed by atoms with van der Waals surface area (Å²) < 4.78 is 0. The third-order valence-electron chi connectivity index (χ3n) is 7.68. The van der Waals surface area contributed by atoms with Crippen LogP contribution in [0.2, 0.25) is 0 Å². The molecule has 1 atom stereocenters. The Kier molecular flexibility index (Phi) is 6.80. The Bertz CT molecular complexity index is 539. The minimum atomic E-state index is -0.0829. The molecule has 0 aromatic heterocycles. The van der Waals surface area contributed by atoms with E-state index in [9.17, 15) is 9.59 Å². The zero-order chi connectivity index (χ0) is 19.0. The molecule has 1 aliphatic heterocycles. The Morgan fingerprint density at radius 2 is 1.61 bits per heavy atom. The zero-order valence-corrected chi connectivity index (χ0v) is 17.9. The molecular formula is C21H37ClN4O2. The minimum Gasteiger partial charge on any atom is -0.343 e. The summed E-state index contributed by atoms with van der Waals surface area (Å²) in [5.41, 5.74) is 6.00. The number of amides is 3. The molecule has 28 heavy (non-hydrogen) atoms. The van der Waals surface area contributed by atoms with Gasteiger partial charge in [0.05, 0.1) is 0 Å². The Hall–Kier alpha value is -1.01. The highest BCUT2D eigenvalue weighted by molar-refractivity contribution is 5.85. The summed E-state index contributed by atoms with van der Waals surface area (Å²) in [5, 5.41) is 6.24. The number of urea groups is 1. The molecular weight excluding hydrogens is 376 g/mol. The van der Waals surface area contributed by atoms with Crippen molar-refractivity contribution < 1.29 is 9.59 Å². The van der Waals surface area contributed by atoms with Crippen LogP contribution >= 0.6 is 12.4 Å². The van der Waals surface area contributed by atoms with Crippen molar-refractivity contribution >= 4 is 24.3 Å². The van der Waals surface area contributed by atoms with Crippen molar-refractivity contribution in [3.8, 4) is 0 Å². The van der Waals surface area contributed by atoms with Crippen LogP contribution in [0.4, 0.5) is 4.79 Å². The van der Waals surface area contributed by atoms with Crippen LogP contribution in [0.15, 0.2) is 0 Å². The topological polar surface area (TPSA) is 87.5 Å². The number of hydrogen-bond acceptors (Lipinski definition) is 3. The number of piperidine rings is 1. The Labute approximate surface area is 175 Å². The predicted molar refractivity (Wildman–Crippen MR) is 112 cm³/mol. The molecule has 1 heterocycles. The van der Waals surface area contributed by atoms with Crippen LogP contribution < -0.4 is 16.4 Å². The molecule has 160 valence electrons. The first-order valence-electron chi connectivity index (χ1n) is 11.0. The molecule has 7 heteroatoms. The highest BCUT2D eigenvalue weighted by Crippen LogP contribution is 2.55. The lowest BCUT2D eigenvalue weighted by atomic mass is 9.53. The van der Waals surface area contributed by atoms with Crippen molar-refractivity contribution in [1.82, 2.24) is 15.5 Å². The summed E-state index contributed by atoms with van der Waals surface area (Å²) in [6.45, 7) is 4.06. The first kappa shape index (κ1) is 21.7. The molecule has 1 saturated heterocycles. The van der Waals surface area contributed by atoms with E-state index in [0.717, 1.165) is 62.9 Å². The first-order chi connectivity index (χ1) is 12.9. The highest BCUT2D eigenvalue weighted by Gasteiger charge is 2.51. The van der Waals surface area contributed by atoms with E-state index in [1.807, 2.05) is 4.90 Å². The van der Waals surface area contributed by atoms with Crippen LogP contribution in [-0.4, -0.2) is 48.1 Å². The maximum absolute atomic E-state index is 12.4. The van der Waals surface area contributed by atoms with Gasteiger partial charge < -0.3 is 21.3 Å². The van der Waals surface area contributed by atoms with Crippen LogP contribution in [0.1, 0.15) is 64.7 Å². The number of carbonyl (C=O) groups excluding carboxylic acids is 2. The number of nitrogens with zero attached hydrogens (tertiary/aromatic N) is 1. The van der Waals surface area contributed by atoms with Gasteiger partial charge in [0.25, 0.3) is 0 Å². The Balaban J connectivity index is 0.00000225. The summed E-state index contributed by atoms with van der Waals surface area (Å²) in [4.78, 5) is 26.8. The van der Waals surface area contributed by atoms with Crippen LogP contribution in [0, 0.1) is 23.7 Å². The highest BCUT2D eigenvalue weighted by atomic mass is 35.5. The van der Waals surface area contributed by atoms with E-state index in [0.29, 0.717) is 18.9 Å². The second kappa shape index (κ2) is 8.78. The molecule has 4 aliphatic carbocycles. The fourth-order valence-corrected chi connectivity index (χ4v) is 6.66. The lowest BCUT2D eigenvalue weighted by Gasteiger charge is -2.56. The maximum atomic E-state index is 12.4. The normalized spacial score (nSPS) is 35.2. The van der Waals surface area contributed by atoms with Crippen LogP contribution in [0.3, 0.4) is 0 Å². The van der Waals surface area contributed by atoms with Crippen LogP contribution in [0.5, 0.6) is 0 Å². The minimum absolute atomic E-state index is 0. The summed E-state index contributed by atoms with van der Waals surface area (Å²) >= 11 is 0. The first-order valence-corrected chi connectivity index (χ1v) is 11.0. The largest absolute Gasteiger partial charge is 0.343 e. The molecule has 6 nitrogen and oxygen atoms in total. The fourth-order valence-electron chi connectivity index (χ4n) is 6.66. The van der Waals surface area contributed by atoms with Gasteiger partial charge >= 0.3 is 6.03 Å². The van der Waals surface area contributed by atoms with Crippen molar-refractivity contribution in [3.05, 3.63) is 0 Å². The van der Waals surface area contributed by atoms with Crippen molar-refractivity contribution in [2.75, 3.05) is 19.6 Å². The van der Waals surface area contributed by atoms with Gasteiger partial charge in [-0.1, -0.05) is 0 Å².